The lowest BCUT2D eigenvalue weighted by Gasteiger charge is -2.55. The van der Waals surface area contributed by atoms with Gasteiger partial charge in [0.15, 0.2) is 5.11 Å². The van der Waals surface area contributed by atoms with Crippen LogP contribution in [-0.4, -0.2) is 60.0 Å². The molecule has 31 heavy (non-hydrogen) atoms. The molecule has 1 saturated heterocycles. The smallest absolute Gasteiger partial charge is 0.256 e. The number of rotatable bonds is 3. The van der Waals surface area contributed by atoms with Gasteiger partial charge < -0.3 is 20.4 Å². The van der Waals surface area contributed by atoms with Gasteiger partial charge in [-0.25, -0.2) is 0 Å². The first-order valence-corrected chi connectivity index (χ1v) is 12.0. The molecule has 5 fully saturated rings. The first kappa shape index (κ1) is 20.9. The average Bonchev–Trinajstić information content (AvgIpc) is 2.73. The van der Waals surface area contributed by atoms with Crippen LogP contribution in [0.2, 0.25) is 0 Å². The molecule has 0 aromatic heterocycles. The zero-order chi connectivity index (χ0) is 21.6. The lowest BCUT2D eigenvalue weighted by molar-refractivity contribution is -0.144. The maximum atomic E-state index is 13.3. The van der Waals surface area contributed by atoms with Gasteiger partial charge in [-0.3, -0.25) is 9.59 Å². The van der Waals surface area contributed by atoms with E-state index in [1.165, 1.54) is 19.3 Å². The molecule has 166 valence electrons. The van der Waals surface area contributed by atoms with Crippen LogP contribution >= 0.6 is 12.2 Å². The van der Waals surface area contributed by atoms with Crippen molar-refractivity contribution in [3.63, 3.8) is 0 Å². The van der Waals surface area contributed by atoms with E-state index in [4.69, 9.17) is 12.2 Å². The van der Waals surface area contributed by atoms with E-state index in [9.17, 15) is 9.59 Å². The number of anilines is 1. The quantitative estimate of drug-likeness (QED) is 0.707. The van der Waals surface area contributed by atoms with Gasteiger partial charge in [-0.15, -0.1) is 0 Å². The summed E-state index contributed by atoms with van der Waals surface area (Å²) in [6.45, 7) is 3.19. The zero-order valence-corrected chi connectivity index (χ0v) is 19.0. The fourth-order valence-corrected chi connectivity index (χ4v) is 6.94. The fraction of sp³-hybridized carbons (Fsp3) is 0.625. The zero-order valence-electron chi connectivity index (χ0n) is 18.2. The Balaban J connectivity index is 1.25. The van der Waals surface area contributed by atoms with Crippen molar-refractivity contribution >= 4 is 34.8 Å². The molecule has 5 aliphatic rings. The van der Waals surface area contributed by atoms with Gasteiger partial charge in [0.25, 0.3) is 5.91 Å². The third-order valence-electron chi connectivity index (χ3n) is 7.94. The molecule has 1 aliphatic heterocycles. The minimum atomic E-state index is -0.240. The van der Waals surface area contributed by atoms with E-state index in [-0.39, 0.29) is 17.2 Å². The largest absolute Gasteiger partial charge is 0.336 e. The third-order valence-corrected chi connectivity index (χ3v) is 8.15. The van der Waals surface area contributed by atoms with Crippen LogP contribution in [0.1, 0.15) is 48.9 Å². The minimum absolute atomic E-state index is 0.00594. The van der Waals surface area contributed by atoms with Crippen LogP contribution in [0.25, 0.3) is 0 Å². The highest BCUT2D eigenvalue weighted by Crippen LogP contribution is 2.60. The van der Waals surface area contributed by atoms with Crippen molar-refractivity contribution in [2.45, 2.75) is 38.5 Å². The maximum absolute atomic E-state index is 13.3. The van der Waals surface area contributed by atoms with Crippen LogP contribution in [0.4, 0.5) is 5.69 Å². The van der Waals surface area contributed by atoms with Gasteiger partial charge in [-0.2, -0.15) is 0 Å². The van der Waals surface area contributed by atoms with Crippen LogP contribution in [0.15, 0.2) is 24.3 Å². The predicted octanol–water partition coefficient (Wildman–Crippen LogP) is 3.10. The van der Waals surface area contributed by atoms with E-state index >= 15 is 0 Å². The number of nitrogens with zero attached hydrogens (tertiary/aromatic N) is 2. The normalized spacial score (nSPS) is 32.0. The highest BCUT2D eigenvalue weighted by molar-refractivity contribution is 7.80. The van der Waals surface area contributed by atoms with Crippen molar-refractivity contribution in [3.8, 4) is 0 Å². The number of likely N-dealkylation sites (N-methyl/N-ethyl adjacent to an activating group) is 1. The SMILES string of the molecule is CN1CCN(C(=O)c2ccccc2NC(=S)NC(=O)C23CC4CC(CC(C4)C2)C3)CC1. The molecule has 7 heteroatoms. The molecule has 0 spiro atoms. The van der Waals surface area contributed by atoms with E-state index in [1.807, 2.05) is 29.2 Å². The molecule has 1 aromatic rings. The number of nitrogens with one attached hydrogen (secondary N) is 2. The summed E-state index contributed by atoms with van der Waals surface area (Å²) in [4.78, 5) is 30.5. The molecule has 0 unspecified atom stereocenters. The lowest BCUT2D eigenvalue weighted by atomic mass is 9.49. The highest BCUT2D eigenvalue weighted by Gasteiger charge is 2.54. The Bertz CT molecular complexity index is 858. The van der Waals surface area contributed by atoms with Crippen LogP contribution in [0, 0.1) is 23.2 Å². The average molecular weight is 441 g/mol. The second kappa shape index (κ2) is 8.17. The number of carbonyl (C=O) groups is 2. The Labute approximate surface area is 189 Å². The second-order valence-corrected chi connectivity index (χ2v) is 10.7. The van der Waals surface area contributed by atoms with Gasteiger partial charge >= 0.3 is 0 Å². The molecule has 1 heterocycles. The van der Waals surface area contributed by atoms with Gasteiger partial charge in [0, 0.05) is 26.2 Å². The molecular formula is C24H32N4O2S. The molecule has 4 aliphatic carbocycles. The van der Waals surface area contributed by atoms with Crippen molar-refractivity contribution in [2.75, 3.05) is 38.5 Å². The summed E-state index contributed by atoms with van der Waals surface area (Å²) in [5, 5.41) is 6.42. The monoisotopic (exact) mass is 440 g/mol. The van der Waals surface area contributed by atoms with Crippen LogP contribution in [-0.2, 0) is 4.79 Å². The van der Waals surface area contributed by atoms with E-state index in [1.54, 1.807) is 0 Å². The predicted molar refractivity (Wildman–Crippen MR) is 125 cm³/mol. The molecule has 4 saturated carbocycles. The summed E-state index contributed by atoms with van der Waals surface area (Å²) in [6.07, 6.45) is 6.93. The molecule has 6 nitrogen and oxygen atoms in total. The molecule has 2 amide bonds. The van der Waals surface area contributed by atoms with E-state index < -0.39 is 0 Å². The Morgan fingerprint density at radius 2 is 1.55 bits per heavy atom. The second-order valence-electron chi connectivity index (χ2n) is 10.2. The van der Waals surface area contributed by atoms with Crippen LogP contribution < -0.4 is 10.6 Å². The highest BCUT2D eigenvalue weighted by atomic mass is 32.1. The number of carbonyl (C=O) groups excluding carboxylic acids is 2. The summed E-state index contributed by atoms with van der Waals surface area (Å²) in [7, 11) is 2.07. The Morgan fingerprint density at radius 3 is 2.16 bits per heavy atom. The van der Waals surface area contributed by atoms with E-state index in [0.717, 1.165) is 45.4 Å². The first-order chi connectivity index (χ1) is 14.9. The maximum Gasteiger partial charge on any atom is 0.256 e. The van der Waals surface area contributed by atoms with Gasteiger partial charge in [0.1, 0.15) is 0 Å². The van der Waals surface area contributed by atoms with Crippen molar-refractivity contribution in [3.05, 3.63) is 29.8 Å². The summed E-state index contributed by atoms with van der Waals surface area (Å²) >= 11 is 5.51. The van der Waals surface area contributed by atoms with Crippen LogP contribution in [0.5, 0.6) is 0 Å². The molecule has 0 radical (unpaired) electrons. The number of hydrogen-bond acceptors (Lipinski definition) is 4. The molecule has 6 rings (SSSR count). The number of piperazine rings is 1. The summed E-state index contributed by atoms with van der Waals surface area (Å²) in [6, 6.07) is 7.43. The number of hydrogen-bond donors (Lipinski definition) is 2. The molecule has 2 N–H and O–H groups in total. The Kier molecular flexibility index (Phi) is 5.51. The molecule has 1 aromatic carbocycles. The van der Waals surface area contributed by atoms with Crippen molar-refractivity contribution < 1.29 is 9.59 Å². The minimum Gasteiger partial charge on any atom is -0.336 e. The number of thiocarbonyl (C=S) groups is 1. The van der Waals surface area contributed by atoms with E-state index in [2.05, 4.69) is 22.6 Å². The van der Waals surface area contributed by atoms with Gasteiger partial charge in [0.2, 0.25) is 5.91 Å². The number of benzene rings is 1. The number of amides is 2. The molecule has 4 bridgehead atoms. The fourth-order valence-electron chi connectivity index (χ4n) is 6.74. The lowest BCUT2D eigenvalue weighted by Crippen LogP contribution is -2.55. The Hall–Kier alpha value is -1.99. The molecule has 0 atom stereocenters. The summed E-state index contributed by atoms with van der Waals surface area (Å²) in [5.41, 5.74) is 1.01. The van der Waals surface area contributed by atoms with Crippen molar-refractivity contribution in [1.82, 2.24) is 15.1 Å². The van der Waals surface area contributed by atoms with Crippen molar-refractivity contribution in [1.29, 1.82) is 0 Å². The summed E-state index contributed by atoms with van der Waals surface area (Å²) in [5.74, 6) is 2.21. The van der Waals surface area contributed by atoms with Gasteiger partial charge in [-0.1, -0.05) is 12.1 Å². The number of para-hydroxylation sites is 1. The van der Waals surface area contributed by atoms with Crippen molar-refractivity contribution in [2.24, 2.45) is 23.2 Å². The van der Waals surface area contributed by atoms with Crippen LogP contribution in [0.3, 0.4) is 0 Å². The van der Waals surface area contributed by atoms with Gasteiger partial charge in [-0.05, 0) is 87.7 Å². The topological polar surface area (TPSA) is 64.7 Å². The Morgan fingerprint density at radius 1 is 0.968 bits per heavy atom. The third kappa shape index (κ3) is 4.10. The van der Waals surface area contributed by atoms with E-state index in [0.29, 0.717) is 34.1 Å². The standard InChI is InChI=1S/C24H32N4O2S/c1-27-6-8-28(9-7-27)21(29)19-4-2-3-5-20(19)25-23(31)26-22(30)24-13-16-10-17(14-24)12-18(11-16)15-24/h2-5,16-18H,6-15H2,1H3,(H2,25,26,30,31). The first-order valence-electron chi connectivity index (χ1n) is 11.6. The van der Waals surface area contributed by atoms with Gasteiger partial charge in [0.05, 0.1) is 16.7 Å². The molecular weight excluding hydrogens is 408 g/mol. The summed E-state index contributed by atoms with van der Waals surface area (Å²) < 4.78 is 0.